The monoisotopic (exact) mass is 910 g/mol. The van der Waals surface area contributed by atoms with Crippen molar-refractivity contribution in [2.24, 2.45) is 0 Å². The summed E-state index contributed by atoms with van der Waals surface area (Å²) in [5.74, 6) is -0.174. The second-order valence-corrected chi connectivity index (χ2v) is 17.6. The van der Waals surface area contributed by atoms with Crippen molar-refractivity contribution < 1.29 is 39.8 Å². The zero-order chi connectivity index (χ0) is 47.3. The van der Waals surface area contributed by atoms with Crippen molar-refractivity contribution in [3.8, 4) is 0 Å². The fourth-order valence-corrected chi connectivity index (χ4v) is 7.59. The molecule has 1 fully saturated rings. The quantitative estimate of drug-likeness (QED) is 0.0262. The molecular formula is C56H95NO8. The summed E-state index contributed by atoms with van der Waals surface area (Å²) in [6.45, 7) is 3.69. The number of carbonyl (C=O) groups is 1. The number of aliphatic hydroxyl groups is 5. The zero-order valence-electron chi connectivity index (χ0n) is 41.0. The summed E-state index contributed by atoms with van der Waals surface area (Å²) in [6.07, 6.45) is 57.0. The third-order valence-corrected chi connectivity index (χ3v) is 11.7. The van der Waals surface area contributed by atoms with Crippen LogP contribution in [0.3, 0.4) is 0 Å². The number of ether oxygens (including phenoxy) is 2. The van der Waals surface area contributed by atoms with Gasteiger partial charge in [-0.2, -0.15) is 0 Å². The molecule has 7 unspecified atom stereocenters. The largest absolute Gasteiger partial charge is 0.394 e. The lowest BCUT2D eigenvalue weighted by molar-refractivity contribution is -0.302. The molecule has 1 rings (SSSR count). The van der Waals surface area contributed by atoms with Crippen LogP contribution in [0.2, 0.25) is 0 Å². The molecule has 0 aromatic heterocycles. The maximum absolute atomic E-state index is 13.0. The molecule has 7 atom stereocenters. The minimum absolute atomic E-state index is 0.155. The highest BCUT2D eigenvalue weighted by molar-refractivity contribution is 5.76. The van der Waals surface area contributed by atoms with Crippen molar-refractivity contribution in [3.05, 3.63) is 97.2 Å². The summed E-state index contributed by atoms with van der Waals surface area (Å²) in [7, 11) is 0. The van der Waals surface area contributed by atoms with E-state index in [4.69, 9.17) is 9.47 Å². The molecule has 6 N–H and O–H groups in total. The van der Waals surface area contributed by atoms with E-state index in [1.807, 2.05) is 0 Å². The van der Waals surface area contributed by atoms with Crippen LogP contribution < -0.4 is 5.32 Å². The number of nitrogens with one attached hydrogen (secondary N) is 1. The summed E-state index contributed by atoms with van der Waals surface area (Å²) in [6, 6.07) is -0.739. The Kier molecular flexibility index (Phi) is 41.6. The van der Waals surface area contributed by atoms with E-state index in [1.165, 1.54) is 64.2 Å². The Bertz CT molecular complexity index is 1330. The summed E-state index contributed by atoms with van der Waals surface area (Å²) in [5.41, 5.74) is 0. The van der Waals surface area contributed by atoms with E-state index in [0.717, 1.165) is 103 Å². The summed E-state index contributed by atoms with van der Waals surface area (Å²) in [4.78, 5) is 13.0. The number of aliphatic hydroxyl groups excluding tert-OH is 5. The van der Waals surface area contributed by atoms with Crippen LogP contribution in [0.5, 0.6) is 0 Å². The Morgan fingerprint density at radius 1 is 0.538 bits per heavy atom. The molecule has 0 aliphatic carbocycles. The Labute approximate surface area is 396 Å². The normalized spacial score (nSPS) is 20.8. The first kappa shape index (κ1) is 60.1. The van der Waals surface area contributed by atoms with Gasteiger partial charge in [0.05, 0.1) is 25.4 Å². The molecule has 9 heteroatoms. The molecule has 0 aromatic carbocycles. The lowest BCUT2D eigenvalue weighted by Gasteiger charge is -2.40. The smallest absolute Gasteiger partial charge is 0.220 e. The summed E-state index contributed by atoms with van der Waals surface area (Å²) < 4.78 is 11.3. The maximum Gasteiger partial charge on any atom is 0.220 e. The van der Waals surface area contributed by atoms with Crippen LogP contribution in [0.4, 0.5) is 0 Å². The predicted molar refractivity (Wildman–Crippen MR) is 271 cm³/mol. The van der Waals surface area contributed by atoms with Crippen molar-refractivity contribution >= 4 is 5.91 Å². The molecule has 0 spiro atoms. The molecule has 0 aromatic rings. The highest BCUT2D eigenvalue weighted by Crippen LogP contribution is 2.23. The van der Waals surface area contributed by atoms with Crippen molar-refractivity contribution in [1.82, 2.24) is 5.32 Å². The minimum atomic E-state index is -1.56. The molecule has 1 aliphatic heterocycles. The maximum atomic E-state index is 13.0. The number of hydrogen-bond donors (Lipinski definition) is 6. The molecule has 9 nitrogen and oxygen atoms in total. The molecule has 65 heavy (non-hydrogen) atoms. The van der Waals surface area contributed by atoms with Crippen LogP contribution >= 0.6 is 0 Å². The van der Waals surface area contributed by atoms with Crippen LogP contribution in [0, 0.1) is 0 Å². The van der Waals surface area contributed by atoms with Gasteiger partial charge < -0.3 is 40.3 Å². The van der Waals surface area contributed by atoms with Crippen LogP contribution in [0.25, 0.3) is 0 Å². The first-order chi connectivity index (χ1) is 31.8. The van der Waals surface area contributed by atoms with Gasteiger partial charge in [0.1, 0.15) is 24.4 Å². The highest BCUT2D eigenvalue weighted by Gasteiger charge is 2.44. The lowest BCUT2D eigenvalue weighted by atomic mass is 9.99. The molecule has 0 bridgehead atoms. The lowest BCUT2D eigenvalue weighted by Crippen LogP contribution is -2.60. The third kappa shape index (κ3) is 35.0. The molecule has 1 heterocycles. The third-order valence-electron chi connectivity index (χ3n) is 11.7. The Morgan fingerprint density at radius 3 is 1.42 bits per heavy atom. The molecule has 372 valence electrons. The van der Waals surface area contributed by atoms with E-state index in [0.29, 0.717) is 12.8 Å². The van der Waals surface area contributed by atoms with E-state index >= 15 is 0 Å². The van der Waals surface area contributed by atoms with Crippen molar-refractivity contribution in [2.45, 2.75) is 236 Å². The number of unbranched alkanes of at least 4 members (excludes halogenated alkanes) is 16. The first-order valence-electron chi connectivity index (χ1n) is 25.9. The van der Waals surface area contributed by atoms with E-state index in [2.05, 4.69) is 116 Å². The van der Waals surface area contributed by atoms with Crippen molar-refractivity contribution in [2.75, 3.05) is 13.2 Å². The second kappa shape index (κ2) is 44.9. The van der Waals surface area contributed by atoms with Gasteiger partial charge in [-0.25, -0.2) is 0 Å². The Hall–Kier alpha value is -2.89. The molecule has 0 saturated carbocycles. The fraction of sp³-hybridized carbons (Fsp3) is 0.696. The van der Waals surface area contributed by atoms with Crippen molar-refractivity contribution in [3.63, 3.8) is 0 Å². The summed E-state index contributed by atoms with van der Waals surface area (Å²) >= 11 is 0. The number of rotatable bonds is 42. The Morgan fingerprint density at radius 2 is 0.954 bits per heavy atom. The van der Waals surface area contributed by atoms with E-state index in [9.17, 15) is 30.3 Å². The van der Waals surface area contributed by atoms with Gasteiger partial charge in [0.2, 0.25) is 5.91 Å². The average molecular weight is 910 g/mol. The van der Waals surface area contributed by atoms with Crippen molar-refractivity contribution in [1.29, 1.82) is 0 Å². The standard InChI is InChI=1S/C56H95NO8/c1-3-5-7-9-11-13-15-17-18-19-20-21-22-23-24-25-26-27-28-29-30-31-32-34-36-38-40-42-44-46-52(60)57-49(48-64-56-55(63)54(62)53(61)51(47-58)65-56)50(59)45-43-41-39-37-35-33-16-14-12-10-8-6-4-2/h5,7,11,13,17-18,20-21,23-24,26-27,29-30,32,34,49-51,53-56,58-59,61-63H,3-4,6,8-10,12,14-16,19,22,25,28,31,33,35-48H2,1-2H3,(H,57,60)/b7-5-,13-11-,18-17-,21-20-,24-23-,27-26-,30-29-,34-32-. The molecular weight excluding hydrogens is 815 g/mol. The molecule has 1 saturated heterocycles. The van der Waals surface area contributed by atoms with Gasteiger partial charge in [-0.05, 0) is 77.0 Å². The molecule has 0 radical (unpaired) electrons. The van der Waals surface area contributed by atoms with Crippen LogP contribution in [0.1, 0.15) is 194 Å². The van der Waals surface area contributed by atoms with Gasteiger partial charge in [-0.15, -0.1) is 0 Å². The van der Waals surface area contributed by atoms with Gasteiger partial charge in [0.25, 0.3) is 0 Å². The van der Waals surface area contributed by atoms with E-state index in [1.54, 1.807) is 0 Å². The number of allylic oxidation sites excluding steroid dienone is 16. The van der Waals surface area contributed by atoms with Gasteiger partial charge in [0.15, 0.2) is 6.29 Å². The van der Waals surface area contributed by atoms with E-state index < -0.39 is 49.5 Å². The topological polar surface area (TPSA) is 149 Å². The minimum Gasteiger partial charge on any atom is -0.394 e. The number of hydrogen-bond acceptors (Lipinski definition) is 8. The highest BCUT2D eigenvalue weighted by atomic mass is 16.7. The number of amides is 1. The number of carbonyl (C=O) groups excluding carboxylic acids is 1. The van der Waals surface area contributed by atoms with E-state index in [-0.39, 0.29) is 12.5 Å². The average Bonchev–Trinajstić information content (AvgIpc) is 3.31. The molecule has 1 aliphatic rings. The van der Waals surface area contributed by atoms with Gasteiger partial charge in [-0.1, -0.05) is 207 Å². The van der Waals surface area contributed by atoms with Crippen LogP contribution in [-0.2, 0) is 14.3 Å². The Balaban J connectivity index is 2.27. The van der Waals surface area contributed by atoms with Crippen LogP contribution in [0.15, 0.2) is 97.2 Å². The second-order valence-electron chi connectivity index (χ2n) is 17.6. The zero-order valence-corrected chi connectivity index (χ0v) is 41.0. The SMILES string of the molecule is CC/C=C\C/C=C\C/C=C\C/C=C\C/C=C\C/C=C\C/C=C\C/C=C\CCCCCCC(=O)NC(COC1OC(CO)C(O)C(O)C1O)C(O)CCCCCCCCCCCCCCC. The molecule has 1 amide bonds. The van der Waals surface area contributed by atoms with Gasteiger partial charge >= 0.3 is 0 Å². The first-order valence-corrected chi connectivity index (χ1v) is 25.9. The predicted octanol–water partition coefficient (Wildman–Crippen LogP) is 12.1. The van der Waals surface area contributed by atoms with Gasteiger partial charge in [-0.3, -0.25) is 4.79 Å². The summed E-state index contributed by atoms with van der Waals surface area (Å²) in [5, 5.41) is 54.4. The fourth-order valence-electron chi connectivity index (χ4n) is 7.59. The van der Waals surface area contributed by atoms with Gasteiger partial charge in [0, 0.05) is 6.42 Å². The van der Waals surface area contributed by atoms with Crippen LogP contribution in [-0.4, -0.2) is 87.5 Å².